The summed E-state index contributed by atoms with van der Waals surface area (Å²) in [5, 5.41) is 2.73. The number of nitrogens with zero attached hydrogens (tertiary/aromatic N) is 1. The molecule has 3 rings (SSSR count). The molecule has 0 unspecified atom stereocenters. The van der Waals surface area contributed by atoms with E-state index in [0.717, 1.165) is 22.3 Å². The van der Waals surface area contributed by atoms with Gasteiger partial charge in [-0.3, -0.25) is 4.79 Å². The van der Waals surface area contributed by atoms with Crippen LogP contribution in [0, 0.1) is 0 Å². The van der Waals surface area contributed by atoms with Gasteiger partial charge in [-0.25, -0.2) is 9.78 Å². The predicted molar refractivity (Wildman–Crippen MR) is 120 cm³/mol. The Kier molecular flexibility index (Phi) is 7.30. The monoisotopic (exact) mass is 436 g/mol. The number of hydrogen-bond donors (Lipinski definition) is 1. The largest absolute Gasteiger partial charge is 0.496 e. The van der Waals surface area contributed by atoms with Crippen molar-refractivity contribution in [3.05, 3.63) is 71.7 Å². The molecule has 0 aliphatic carbocycles. The maximum absolute atomic E-state index is 12.7. The second kappa shape index (κ2) is 10.1. The zero-order valence-corrected chi connectivity index (χ0v) is 18.8. The molecule has 1 N–H and O–H groups in total. The van der Waals surface area contributed by atoms with Crippen LogP contribution in [-0.2, 0) is 28.9 Å². The lowest BCUT2D eigenvalue weighted by Gasteiger charge is -2.19. The molecule has 0 fully saturated rings. The van der Waals surface area contributed by atoms with Gasteiger partial charge in [0.15, 0.2) is 12.2 Å². The van der Waals surface area contributed by atoms with Crippen molar-refractivity contribution < 1.29 is 23.5 Å². The van der Waals surface area contributed by atoms with E-state index in [9.17, 15) is 9.59 Å². The summed E-state index contributed by atoms with van der Waals surface area (Å²) in [5.74, 6) is 1.32. The maximum atomic E-state index is 12.7. The molecule has 3 aromatic rings. The quantitative estimate of drug-likeness (QED) is 0.549. The van der Waals surface area contributed by atoms with E-state index in [1.54, 1.807) is 13.3 Å². The molecular weight excluding hydrogens is 408 g/mol. The summed E-state index contributed by atoms with van der Waals surface area (Å²) in [6.07, 6.45) is 3.10. The van der Waals surface area contributed by atoms with E-state index in [-0.39, 0.29) is 12.2 Å². The molecule has 2 aromatic carbocycles. The van der Waals surface area contributed by atoms with E-state index in [1.165, 1.54) is 6.39 Å². The number of nitrogens with one attached hydrogen (secondary N) is 1. The molecular formula is C25H28N2O5. The van der Waals surface area contributed by atoms with Crippen LogP contribution in [0.1, 0.15) is 37.5 Å². The van der Waals surface area contributed by atoms with E-state index < -0.39 is 11.7 Å². The van der Waals surface area contributed by atoms with Crippen LogP contribution in [-0.4, -0.2) is 29.6 Å². The van der Waals surface area contributed by atoms with Crippen LogP contribution in [0.25, 0.3) is 11.3 Å². The molecule has 0 atom stereocenters. The second-order valence-corrected chi connectivity index (χ2v) is 8.47. The van der Waals surface area contributed by atoms with Crippen LogP contribution in [0.4, 0.5) is 4.79 Å². The number of amides is 1. The first-order chi connectivity index (χ1) is 15.2. The number of carbonyl (C=O) groups is 2. The minimum Gasteiger partial charge on any atom is -0.496 e. The Morgan fingerprint density at radius 3 is 2.41 bits per heavy atom. The number of methoxy groups -OCH3 is 1. The van der Waals surface area contributed by atoms with E-state index in [0.29, 0.717) is 24.5 Å². The average molecular weight is 437 g/mol. The van der Waals surface area contributed by atoms with Crippen molar-refractivity contribution in [2.45, 2.75) is 45.8 Å². The number of ketones is 1. The van der Waals surface area contributed by atoms with Gasteiger partial charge in [0.25, 0.3) is 0 Å². The highest BCUT2D eigenvalue weighted by Gasteiger charge is 2.16. The number of alkyl carbamates (subject to hydrolysis) is 1. The third kappa shape index (κ3) is 6.70. The smallest absolute Gasteiger partial charge is 0.407 e. The third-order valence-electron chi connectivity index (χ3n) is 4.59. The van der Waals surface area contributed by atoms with Crippen molar-refractivity contribution in [1.29, 1.82) is 0 Å². The Morgan fingerprint density at radius 1 is 1.03 bits per heavy atom. The van der Waals surface area contributed by atoms with Crippen LogP contribution < -0.4 is 10.1 Å². The van der Waals surface area contributed by atoms with Gasteiger partial charge in [0, 0.05) is 19.4 Å². The molecule has 0 saturated heterocycles. The molecule has 0 aliphatic heterocycles. The summed E-state index contributed by atoms with van der Waals surface area (Å²) in [6, 6.07) is 13.2. The maximum Gasteiger partial charge on any atom is 0.407 e. The molecule has 0 aliphatic rings. The number of Topliss-reactive ketones (excluding diaryl/α,β-unsaturated/α-hetero) is 1. The second-order valence-electron chi connectivity index (χ2n) is 8.47. The summed E-state index contributed by atoms with van der Waals surface area (Å²) in [5.41, 5.74) is 2.89. The summed E-state index contributed by atoms with van der Waals surface area (Å²) >= 11 is 0. The number of carbonyl (C=O) groups excluding carboxylic acids is 2. The highest BCUT2D eigenvalue weighted by atomic mass is 16.6. The molecule has 168 valence electrons. The molecule has 1 aromatic heterocycles. The van der Waals surface area contributed by atoms with E-state index in [1.807, 2.05) is 63.2 Å². The van der Waals surface area contributed by atoms with Crippen molar-refractivity contribution in [2.24, 2.45) is 0 Å². The van der Waals surface area contributed by atoms with E-state index >= 15 is 0 Å². The zero-order chi connectivity index (χ0) is 23.1. The lowest BCUT2D eigenvalue weighted by molar-refractivity contribution is -0.117. The number of benzene rings is 2. The molecule has 7 nitrogen and oxygen atoms in total. The standard InChI is InChI=1S/C25H28N2O5/c1-25(2,3)32-24(29)27-14-19-7-5-6-17(10-19)11-20(28)12-18-8-9-21(22(13-18)30-4)23-15-26-16-31-23/h5-10,13,15-16H,11-12,14H2,1-4H3,(H,27,29). The molecule has 0 saturated carbocycles. The van der Waals surface area contributed by atoms with Crippen LogP contribution in [0.15, 0.2) is 59.5 Å². The van der Waals surface area contributed by atoms with Crippen molar-refractivity contribution in [2.75, 3.05) is 7.11 Å². The summed E-state index contributed by atoms with van der Waals surface area (Å²) in [6.45, 7) is 5.78. The van der Waals surface area contributed by atoms with Crippen molar-refractivity contribution in [3.63, 3.8) is 0 Å². The number of aromatic nitrogens is 1. The van der Waals surface area contributed by atoms with Gasteiger partial charge in [-0.15, -0.1) is 0 Å². The van der Waals surface area contributed by atoms with Crippen molar-refractivity contribution >= 4 is 11.9 Å². The Bertz CT molecular complexity index is 1070. The molecule has 32 heavy (non-hydrogen) atoms. The fourth-order valence-electron chi connectivity index (χ4n) is 3.25. The molecule has 0 radical (unpaired) electrons. The van der Waals surface area contributed by atoms with Gasteiger partial charge in [0.2, 0.25) is 0 Å². The minimum absolute atomic E-state index is 0.0803. The minimum atomic E-state index is -0.548. The fourth-order valence-corrected chi connectivity index (χ4v) is 3.25. The van der Waals surface area contributed by atoms with E-state index in [4.69, 9.17) is 13.9 Å². The van der Waals surface area contributed by atoms with Gasteiger partial charge in [0.05, 0.1) is 18.9 Å². The van der Waals surface area contributed by atoms with Gasteiger partial charge in [-0.2, -0.15) is 0 Å². The van der Waals surface area contributed by atoms with Crippen molar-refractivity contribution in [3.8, 4) is 17.1 Å². The number of rotatable bonds is 8. The van der Waals surface area contributed by atoms with Gasteiger partial charge in [0.1, 0.15) is 17.1 Å². The van der Waals surface area contributed by atoms with Crippen LogP contribution >= 0.6 is 0 Å². The van der Waals surface area contributed by atoms with Gasteiger partial charge < -0.3 is 19.2 Å². The van der Waals surface area contributed by atoms with Crippen LogP contribution in [0.2, 0.25) is 0 Å². The predicted octanol–water partition coefficient (Wildman–Crippen LogP) is 4.73. The molecule has 1 amide bonds. The highest BCUT2D eigenvalue weighted by molar-refractivity contribution is 5.83. The first-order valence-electron chi connectivity index (χ1n) is 10.4. The molecule has 1 heterocycles. The number of oxazole rings is 1. The highest BCUT2D eigenvalue weighted by Crippen LogP contribution is 2.30. The fraction of sp³-hybridized carbons (Fsp3) is 0.320. The zero-order valence-electron chi connectivity index (χ0n) is 18.8. The van der Waals surface area contributed by atoms with Gasteiger partial charge in [-0.05, 0) is 49.6 Å². The van der Waals surface area contributed by atoms with E-state index in [2.05, 4.69) is 10.3 Å². The van der Waals surface area contributed by atoms with Gasteiger partial charge in [-0.1, -0.05) is 30.3 Å². The van der Waals surface area contributed by atoms with Crippen LogP contribution in [0.3, 0.4) is 0 Å². The average Bonchev–Trinajstić information content (AvgIpc) is 3.26. The SMILES string of the molecule is COc1cc(CC(=O)Cc2cccc(CNC(=O)OC(C)(C)C)c2)ccc1-c1cnco1. The first-order valence-corrected chi connectivity index (χ1v) is 10.4. The van der Waals surface area contributed by atoms with Crippen LogP contribution in [0.5, 0.6) is 5.75 Å². The third-order valence-corrected chi connectivity index (χ3v) is 4.59. The molecule has 7 heteroatoms. The Balaban J connectivity index is 1.59. The van der Waals surface area contributed by atoms with Gasteiger partial charge >= 0.3 is 6.09 Å². The summed E-state index contributed by atoms with van der Waals surface area (Å²) in [4.78, 5) is 28.4. The lowest BCUT2D eigenvalue weighted by Crippen LogP contribution is -2.32. The Hall–Kier alpha value is -3.61. The first kappa shape index (κ1) is 23.1. The Morgan fingerprint density at radius 2 is 1.75 bits per heavy atom. The molecule has 0 spiro atoms. The molecule has 0 bridgehead atoms. The lowest BCUT2D eigenvalue weighted by atomic mass is 10.00. The van der Waals surface area contributed by atoms with Crippen molar-refractivity contribution in [1.82, 2.24) is 10.3 Å². The summed E-state index contributed by atoms with van der Waals surface area (Å²) < 4.78 is 16.0. The Labute approximate surface area is 187 Å². The normalized spacial score (nSPS) is 11.1. The summed E-state index contributed by atoms with van der Waals surface area (Å²) in [7, 11) is 1.58. The number of hydrogen-bond acceptors (Lipinski definition) is 6. The topological polar surface area (TPSA) is 90.7 Å². The number of ether oxygens (including phenoxy) is 2.